The van der Waals surface area contributed by atoms with E-state index in [0.717, 1.165) is 39.6 Å². The smallest absolute Gasteiger partial charge is 0.221 e. The molecule has 0 bridgehead atoms. The van der Waals surface area contributed by atoms with Crippen LogP contribution in [0.2, 0.25) is 0 Å². The van der Waals surface area contributed by atoms with E-state index >= 15 is 0 Å². The molecule has 1 amide bonds. The molecule has 4 rings (SSSR count). The van der Waals surface area contributed by atoms with Crippen molar-refractivity contribution in [3.8, 4) is 11.5 Å². The van der Waals surface area contributed by atoms with Gasteiger partial charge in [0.05, 0.1) is 26.0 Å². The first-order chi connectivity index (χ1) is 15.0. The second-order valence-corrected chi connectivity index (χ2v) is 8.16. The van der Waals surface area contributed by atoms with Gasteiger partial charge in [-0.25, -0.2) is 9.99 Å². The van der Waals surface area contributed by atoms with Gasteiger partial charge in [-0.2, -0.15) is 5.10 Å². The maximum Gasteiger partial charge on any atom is 0.221 e. The lowest BCUT2D eigenvalue weighted by molar-refractivity contribution is -0.114. The minimum Gasteiger partial charge on any atom is -0.493 e. The van der Waals surface area contributed by atoms with E-state index in [4.69, 9.17) is 14.6 Å². The molecule has 2 heterocycles. The number of hydrogen-bond donors (Lipinski definition) is 1. The number of hydrogen-bond acceptors (Lipinski definition) is 7. The standard InChI is InChI=1S/C23H24N4O3S/c1-14-11-17-12-20(29-3)21(30-4)13-19(17)22(26-27(14)23-24-9-10-31-23)16-5-7-18(8-6-16)25-15(2)28/h5-10,12-14H,11H2,1-4H3,(H,25,28). The Bertz CT molecular complexity index is 1110. The molecule has 0 saturated heterocycles. The van der Waals surface area contributed by atoms with Crippen molar-refractivity contribution in [1.29, 1.82) is 0 Å². The first-order valence-electron chi connectivity index (χ1n) is 9.90. The summed E-state index contributed by atoms with van der Waals surface area (Å²) in [5.74, 6) is 1.24. The van der Waals surface area contributed by atoms with Gasteiger partial charge in [0.1, 0.15) is 0 Å². The molecule has 8 heteroatoms. The first kappa shape index (κ1) is 20.9. The van der Waals surface area contributed by atoms with Gasteiger partial charge in [-0.15, -0.1) is 11.3 Å². The molecule has 0 aliphatic carbocycles. The zero-order valence-corrected chi connectivity index (χ0v) is 18.7. The average Bonchev–Trinajstić information content (AvgIpc) is 3.24. The van der Waals surface area contributed by atoms with Crippen LogP contribution in [0.4, 0.5) is 10.8 Å². The monoisotopic (exact) mass is 436 g/mol. The topological polar surface area (TPSA) is 76.1 Å². The third-order valence-electron chi connectivity index (χ3n) is 5.10. The van der Waals surface area contributed by atoms with Crippen LogP contribution in [0.5, 0.6) is 11.5 Å². The molecule has 2 aromatic carbocycles. The number of fused-ring (bicyclic) bond motifs is 1. The maximum absolute atomic E-state index is 11.4. The number of amides is 1. The fourth-order valence-electron chi connectivity index (χ4n) is 3.66. The molecule has 0 saturated carbocycles. The number of anilines is 2. The highest BCUT2D eigenvalue weighted by atomic mass is 32.1. The lowest BCUT2D eigenvalue weighted by Gasteiger charge is -2.22. The predicted molar refractivity (Wildman–Crippen MR) is 124 cm³/mol. The summed E-state index contributed by atoms with van der Waals surface area (Å²) in [6.07, 6.45) is 2.56. The highest BCUT2D eigenvalue weighted by Gasteiger charge is 2.27. The van der Waals surface area contributed by atoms with Gasteiger partial charge in [0.25, 0.3) is 0 Å². The van der Waals surface area contributed by atoms with E-state index in [-0.39, 0.29) is 11.9 Å². The van der Waals surface area contributed by atoms with E-state index in [1.165, 1.54) is 6.92 Å². The summed E-state index contributed by atoms with van der Waals surface area (Å²) in [6, 6.07) is 11.8. The molecule has 160 valence electrons. The fourth-order valence-corrected chi connectivity index (χ4v) is 4.36. The summed E-state index contributed by atoms with van der Waals surface area (Å²) in [5, 5.41) is 12.6. The number of benzene rings is 2. The molecule has 1 unspecified atom stereocenters. The van der Waals surface area contributed by atoms with Crippen LogP contribution in [0.1, 0.15) is 30.5 Å². The van der Waals surface area contributed by atoms with Gasteiger partial charge >= 0.3 is 0 Å². The first-order valence-corrected chi connectivity index (χ1v) is 10.8. The summed E-state index contributed by atoms with van der Waals surface area (Å²) >= 11 is 1.55. The number of thiazole rings is 1. The molecule has 7 nitrogen and oxygen atoms in total. The van der Waals surface area contributed by atoms with Crippen molar-refractivity contribution < 1.29 is 14.3 Å². The van der Waals surface area contributed by atoms with E-state index in [9.17, 15) is 4.79 Å². The van der Waals surface area contributed by atoms with Crippen molar-refractivity contribution in [2.45, 2.75) is 26.3 Å². The summed E-state index contributed by atoms with van der Waals surface area (Å²) in [5.41, 5.74) is 4.58. The van der Waals surface area contributed by atoms with E-state index in [1.807, 2.05) is 46.8 Å². The number of methoxy groups -OCH3 is 2. The normalized spacial score (nSPS) is 15.5. The van der Waals surface area contributed by atoms with E-state index in [1.54, 1.807) is 31.8 Å². The molecular weight excluding hydrogens is 412 g/mol. The largest absolute Gasteiger partial charge is 0.493 e. The van der Waals surface area contributed by atoms with Crippen LogP contribution in [0.3, 0.4) is 0 Å². The summed E-state index contributed by atoms with van der Waals surface area (Å²) in [4.78, 5) is 15.9. The number of nitrogens with one attached hydrogen (secondary N) is 1. The number of ether oxygens (including phenoxy) is 2. The highest BCUT2D eigenvalue weighted by Crippen LogP contribution is 2.36. The van der Waals surface area contributed by atoms with Gasteiger partial charge in [-0.3, -0.25) is 4.79 Å². The summed E-state index contributed by atoms with van der Waals surface area (Å²) < 4.78 is 11.1. The summed E-state index contributed by atoms with van der Waals surface area (Å²) in [6.45, 7) is 3.63. The molecule has 1 aromatic heterocycles. The predicted octanol–water partition coefficient (Wildman–Crippen LogP) is 4.32. The van der Waals surface area contributed by atoms with Crippen molar-refractivity contribution in [3.63, 3.8) is 0 Å². The molecule has 1 aliphatic heterocycles. The van der Waals surface area contributed by atoms with E-state index in [0.29, 0.717) is 11.5 Å². The highest BCUT2D eigenvalue weighted by molar-refractivity contribution is 7.13. The van der Waals surface area contributed by atoms with Crippen LogP contribution in [-0.2, 0) is 11.2 Å². The zero-order valence-electron chi connectivity index (χ0n) is 17.9. The average molecular weight is 437 g/mol. The molecule has 0 fully saturated rings. The Kier molecular flexibility index (Phi) is 5.90. The van der Waals surface area contributed by atoms with Crippen molar-refractivity contribution >= 4 is 33.8 Å². The molecular formula is C23H24N4O3S. The van der Waals surface area contributed by atoms with Gasteiger partial charge in [-0.1, -0.05) is 12.1 Å². The van der Waals surface area contributed by atoms with Gasteiger partial charge < -0.3 is 14.8 Å². The quantitative estimate of drug-likeness (QED) is 0.645. The van der Waals surface area contributed by atoms with Crippen LogP contribution >= 0.6 is 11.3 Å². The fraction of sp³-hybridized carbons (Fsp3) is 0.261. The lowest BCUT2D eigenvalue weighted by Crippen LogP contribution is -2.29. The number of rotatable bonds is 5. The number of carbonyl (C=O) groups excluding carboxylic acids is 1. The third kappa shape index (κ3) is 4.25. The lowest BCUT2D eigenvalue weighted by atomic mass is 9.94. The van der Waals surface area contributed by atoms with Gasteiger partial charge in [0, 0.05) is 35.3 Å². The number of aromatic nitrogens is 1. The van der Waals surface area contributed by atoms with Gasteiger partial charge in [0.2, 0.25) is 11.0 Å². The summed E-state index contributed by atoms with van der Waals surface area (Å²) in [7, 11) is 3.27. The zero-order chi connectivity index (χ0) is 22.0. The van der Waals surface area contributed by atoms with Crippen LogP contribution < -0.4 is 19.8 Å². The second-order valence-electron chi connectivity index (χ2n) is 7.28. The Labute approximate surface area is 185 Å². The van der Waals surface area contributed by atoms with Crippen LogP contribution in [-0.4, -0.2) is 36.9 Å². The Morgan fingerprint density at radius 2 is 1.87 bits per heavy atom. The van der Waals surface area contributed by atoms with Crippen LogP contribution in [0, 0.1) is 0 Å². The maximum atomic E-state index is 11.4. The van der Waals surface area contributed by atoms with Crippen LogP contribution in [0.15, 0.2) is 53.1 Å². The molecule has 31 heavy (non-hydrogen) atoms. The molecule has 0 spiro atoms. The van der Waals surface area contributed by atoms with Crippen molar-refractivity contribution in [2.75, 3.05) is 24.5 Å². The Balaban J connectivity index is 1.87. The van der Waals surface area contributed by atoms with Crippen molar-refractivity contribution in [2.24, 2.45) is 5.10 Å². The third-order valence-corrected chi connectivity index (χ3v) is 5.86. The minimum absolute atomic E-state index is 0.0964. The van der Waals surface area contributed by atoms with E-state index in [2.05, 4.69) is 17.2 Å². The Morgan fingerprint density at radius 1 is 1.16 bits per heavy atom. The SMILES string of the molecule is COc1cc2c(cc1OC)C(c1ccc(NC(C)=O)cc1)=NN(c1nccs1)C(C)C2. The molecule has 1 aliphatic rings. The minimum atomic E-state index is -0.106. The number of hydrazone groups is 1. The van der Waals surface area contributed by atoms with Gasteiger partial charge in [0.15, 0.2) is 11.5 Å². The molecule has 0 radical (unpaired) electrons. The number of carbonyl (C=O) groups is 1. The van der Waals surface area contributed by atoms with Gasteiger partial charge in [-0.05, 0) is 43.2 Å². The molecule has 1 N–H and O–H groups in total. The van der Waals surface area contributed by atoms with E-state index < -0.39 is 0 Å². The number of nitrogens with zero attached hydrogens (tertiary/aromatic N) is 3. The Morgan fingerprint density at radius 3 is 2.48 bits per heavy atom. The molecule has 3 aromatic rings. The second kappa shape index (κ2) is 8.77. The molecule has 1 atom stereocenters. The van der Waals surface area contributed by atoms with Crippen LogP contribution in [0.25, 0.3) is 0 Å². The van der Waals surface area contributed by atoms with Crippen molar-refractivity contribution in [3.05, 3.63) is 64.7 Å². The van der Waals surface area contributed by atoms with Crippen molar-refractivity contribution in [1.82, 2.24) is 4.98 Å². The Hall–Kier alpha value is -3.39.